The molecule has 0 amide bonds. The first-order chi connectivity index (χ1) is 14.3. The van der Waals surface area contributed by atoms with Gasteiger partial charge in [0.05, 0.1) is 24.0 Å². The van der Waals surface area contributed by atoms with Gasteiger partial charge in [-0.1, -0.05) is 29.8 Å². The molecule has 0 bridgehead atoms. The van der Waals surface area contributed by atoms with Crippen molar-refractivity contribution in [3.63, 3.8) is 0 Å². The first kappa shape index (κ1) is 22.1. The number of esters is 1. The van der Waals surface area contributed by atoms with Gasteiger partial charge in [0.2, 0.25) is 10.0 Å². The van der Waals surface area contributed by atoms with Crippen LogP contribution in [0.5, 0.6) is 0 Å². The number of carbonyl (C=O) groups is 2. The first-order valence-electron chi connectivity index (χ1n) is 9.72. The fraction of sp³-hybridized carbons (Fsp3) is 0.364. The number of nitrogens with zero attached hydrogens (tertiary/aromatic N) is 1. The van der Waals surface area contributed by atoms with E-state index >= 15 is 0 Å². The smallest absolute Gasteiger partial charge is 0.306 e. The molecule has 30 heavy (non-hydrogen) atoms. The van der Waals surface area contributed by atoms with Crippen LogP contribution in [0.3, 0.4) is 0 Å². The number of halogens is 1. The number of hydrogen-bond acceptors (Lipinski definition) is 5. The lowest BCUT2D eigenvalue weighted by Crippen LogP contribution is -2.32. The molecule has 3 rings (SSSR count). The van der Waals surface area contributed by atoms with Crippen molar-refractivity contribution >= 4 is 22.3 Å². The third-order valence-corrected chi connectivity index (χ3v) is 7.23. The Hall–Kier alpha value is -2.58. The minimum absolute atomic E-state index is 0.0134. The van der Waals surface area contributed by atoms with Crippen LogP contribution in [0.2, 0.25) is 0 Å². The van der Waals surface area contributed by atoms with E-state index < -0.39 is 39.7 Å². The quantitative estimate of drug-likeness (QED) is 0.495. The molecule has 0 radical (unpaired) electrons. The highest BCUT2D eigenvalue weighted by Gasteiger charge is 2.48. The molecular formula is C22H24FNO5S. The largest absolute Gasteiger partial charge is 0.466 e. The molecule has 1 heterocycles. The second-order valence-electron chi connectivity index (χ2n) is 7.37. The molecule has 6 nitrogen and oxygen atoms in total. The topological polar surface area (TPSA) is 80.8 Å². The number of aryl methyl sites for hydroxylation is 1. The Labute approximate surface area is 175 Å². The van der Waals surface area contributed by atoms with E-state index in [1.54, 1.807) is 19.1 Å². The molecule has 1 saturated heterocycles. The lowest BCUT2D eigenvalue weighted by molar-refractivity contribution is -0.144. The van der Waals surface area contributed by atoms with Crippen molar-refractivity contribution in [2.24, 2.45) is 11.8 Å². The number of hydrogen-bond donors (Lipinski definition) is 0. The van der Waals surface area contributed by atoms with Gasteiger partial charge in [-0.25, -0.2) is 12.8 Å². The van der Waals surface area contributed by atoms with Crippen LogP contribution >= 0.6 is 0 Å². The number of sulfonamides is 1. The zero-order chi connectivity index (χ0) is 21.9. The van der Waals surface area contributed by atoms with Crippen LogP contribution in [0.25, 0.3) is 0 Å². The summed E-state index contributed by atoms with van der Waals surface area (Å²) in [5.41, 5.74) is 1.41. The normalized spacial score (nSPS) is 22.0. The van der Waals surface area contributed by atoms with Crippen molar-refractivity contribution in [1.29, 1.82) is 0 Å². The highest BCUT2D eigenvalue weighted by molar-refractivity contribution is 7.89. The Morgan fingerprint density at radius 1 is 1.17 bits per heavy atom. The first-order valence-corrected chi connectivity index (χ1v) is 11.2. The van der Waals surface area contributed by atoms with Crippen LogP contribution in [-0.2, 0) is 24.3 Å². The molecule has 1 aliphatic heterocycles. The Balaban J connectivity index is 2.05. The van der Waals surface area contributed by atoms with Gasteiger partial charge in [0, 0.05) is 12.5 Å². The van der Waals surface area contributed by atoms with E-state index in [9.17, 15) is 22.4 Å². The van der Waals surface area contributed by atoms with Crippen LogP contribution in [-0.4, -0.2) is 38.1 Å². The SMILES string of the molecule is CCOC(=O)C[C@@H]1CN(S(=O)(=O)c2ccc(C)cc2)[C@H](c2ccc(F)cc2)[C@H]1C=O. The summed E-state index contributed by atoms with van der Waals surface area (Å²) in [6, 6.07) is 11.0. The average molecular weight is 434 g/mol. The molecule has 0 aromatic heterocycles. The van der Waals surface area contributed by atoms with Crippen molar-refractivity contribution in [3.8, 4) is 0 Å². The van der Waals surface area contributed by atoms with Crippen LogP contribution in [0, 0.1) is 24.6 Å². The van der Waals surface area contributed by atoms with Crippen molar-refractivity contribution in [2.75, 3.05) is 13.2 Å². The minimum atomic E-state index is -3.96. The van der Waals surface area contributed by atoms with Gasteiger partial charge >= 0.3 is 5.97 Å². The molecule has 3 atom stereocenters. The van der Waals surface area contributed by atoms with E-state index in [1.165, 1.54) is 40.7 Å². The average Bonchev–Trinajstić information content (AvgIpc) is 3.08. The summed E-state index contributed by atoms with van der Waals surface area (Å²) >= 11 is 0. The predicted octanol–water partition coefficient (Wildman–Crippen LogP) is 3.26. The maximum atomic E-state index is 13.5. The summed E-state index contributed by atoms with van der Waals surface area (Å²) in [4.78, 5) is 24.2. The van der Waals surface area contributed by atoms with Crippen LogP contribution < -0.4 is 0 Å². The Bertz CT molecular complexity index is 1000. The summed E-state index contributed by atoms with van der Waals surface area (Å²) in [5, 5.41) is 0. The molecule has 0 spiro atoms. The van der Waals surface area contributed by atoms with Gasteiger partial charge in [-0.15, -0.1) is 0 Å². The number of aldehydes is 1. The molecule has 160 valence electrons. The van der Waals surface area contributed by atoms with Crippen molar-refractivity contribution < 1.29 is 27.1 Å². The van der Waals surface area contributed by atoms with Crippen molar-refractivity contribution in [2.45, 2.75) is 31.2 Å². The number of ether oxygens (including phenoxy) is 1. The highest BCUT2D eigenvalue weighted by atomic mass is 32.2. The van der Waals surface area contributed by atoms with E-state index in [1.807, 2.05) is 6.92 Å². The van der Waals surface area contributed by atoms with Gasteiger partial charge in [0.1, 0.15) is 12.1 Å². The second kappa shape index (κ2) is 9.06. The number of rotatable bonds is 7. The molecule has 8 heteroatoms. The molecule has 2 aromatic carbocycles. The molecule has 2 aromatic rings. The summed E-state index contributed by atoms with van der Waals surface area (Å²) in [7, 11) is -3.96. The minimum Gasteiger partial charge on any atom is -0.466 e. The Morgan fingerprint density at radius 2 is 1.80 bits per heavy atom. The predicted molar refractivity (Wildman–Crippen MR) is 109 cm³/mol. The summed E-state index contributed by atoms with van der Waals surface area (Å²) in [6.45, 7) is 3.72. The van der Waals surface area contributed by atoms with E-state index in [2.05, 4.69) is 0 Å². The fourth-order valence-electron chi connectivity index (χ4n) is 3.88. The zero-order valence-electron chi connectivity index (χ0n) is 16.8. The van der Waals surface area contributed by atoms with Gasteiger partial charge in [-0.3, -0.25) is 4.79 Å². The number of benzene rings is 2. The fourth-order valence-corrected chi connectivity index (χ4v) is 5.58. The Kier molecular flexibility index (Phi) is 6.67. The number of carbonyl (C=O) groups excluding carboxylic acids is 2. The third kappa shape index (κ3) is 4.44. The molecular weight excluding hydrogens is 409 g/mol. The molecule has 1 aliphatic rings. The summed E-state index contributed by atoms with van der Waals surface area (Å²) in [6.07, 6.45) is 0.609. The van der Waals surface area contributed by atoms with Crippen molar-refractivity contribution in [3.05, 3.63) is 65.5 Å². The van der Waals surface area contributed by atoms with Crippen molar-refractivity contribution in [1.82, 2.24) is 4.31 Å². The molecule has 1 fully saturated rings. The van der Waals surface area contributed by atoms with E-state index in [0.29, 0.717) is 11.8 Å². The van der Waals surface area contributed by atoms with Crippen LogP contribution in [0.4, 0.5) is 4.39 Å². The molecule has 0 N–H and O–H groups in total. The van der Waals surface area contributed by atoms with Crippen LogP contribution in [0.1, 0.15) is 30.5 Å². The maximum Gasteiger partial charge on any atom is 0.306 e. The van der Waals surface area contributed by atoms with Gasteiger partial charge < -0.3 is 9.53 Å². The van der Waals surface area contributed by atoms with E-state index in [4.69, 9.17) is 4.74 Å². The molecule has 0 aliphatic carbocycles. The summed E-state index contributed by atoms with van der Waals surface area (Å²) < 4.78 is 46.6. The Morgan fingerprint density at radius 3 is 2.37 bits per heavy atom. The molecule has 0 unspecified atom stereocenters. The van der Waals surface area contributed by atoms with Gasteiger partial charge in [-0.05, 0) is 49.6 Å². The van der Waals surface area contributed by atoms with E-state index in [0.717, 1.165) is 5.56 Å². The summed E-state index contributed by atoms with van der Waals surface area (Å²) in [5.74, 6) is -2.26. The monoisotopic (exact) mass is 433 g/mol. The van der Waals surface area contributed by atoms with Gasteiger partial charge in [0.25, 0.3) is 0 Å². The third-order valence-electron chi connectivity index (χ3n) is 5.36. The standard InChI is InChI=1S/C22H24FNO5S/c1-3-29-21(26)12-17-13-24(30(27,28)19-10-4-15(2)5-11-19)22(20(17)14-25)16-6-8-18(23)9-7-16/h4-11,14,17,20,22H,3,12-13H2,1-2H3/t17-,20+,22-/m1/s1. The van der Waals surface area contributed by atoms with Crippen LogP contribution in [0.15, 0.2) is 53.4 Å². The van der Waals surface area contributed by atoms with Gasteiger partial charge in [-0.2, -0.15) is 4.31 Å². The maximum absolute atomic E-state index is 13.5. The lowest BCUT2D eigenvalue weighted by atomic mass is 9.86. The lowest BCUT2D eigenvalue weighted by Gasteiger charge is -2.26. The highest BCUT2D eigenvalue weighted by Crippen LogP contribution is 2.44. The van der Waals surface area contributed by atoms with Gasteiger partial charge in [0.15, 0.2) is 0 Å². The molecule has 0 saturated carbocycles. The second-order valence-corrected chi connectivity index (χ2v) is 9.26. The van der Waals surface area contributed by atoms with E-state index in [-0.39, 0.29) is 24.5 Å². The zero-order valence-corrected chi connectivity index (χ0v) is 17.6.